The van der Waals surface area contributed by atoms with Crippen molar-refractivity contribution in [2.24, 2.45) is 0 Å². The van der Waals surface area contributed by atoms with Crippen LogP contribution in [0.1, 0.15) is 35.9 Å². The highest BCUT2D eigenvalue weighted by Gasteiger charge is 2.35. The van der Waals surface area contributed by atoms with Crippen LogP contribution in [0.25, 0.3) is 0 Å². The predicted molar refractivity (Wildman–Crippen MR) is 57.2 cm³/mol. The van der Waals surface area contributed by atoms with Crippen LogP contribution in [0.3, 0.4) is 0 Å². The molecule has 1 heterocycles. The summed E-state index contributed by atoms with van der Waals surface area (Å²) in [6, 6.07) is 4.23. The molecule has 1 saturated heterocycles. The van der Waals surface area contributed by atoms with Crippen LogP contribution in [0.5, 0.6) is 0 Å². The van der Waals surface area contributed by atoms with Crippen molar-refractivity contribution in [3.63, 3.8) is 0 Å². The van der Waals surface area contributed by atoms with Gasteiger partial charge in [0.2, 0.25) is 0 Å². The van der Waals surface area contributed by atoms with Gasteiger partial charge in [-0.1, -0.05) is 12.1 Å². The summed E-state index contributed by atoms with van der Waals surface area (Å²) in [7, 11) is 0. The number of hydrogen-bond acceptors (Lipinski definition) is 3. The average Bonchev–Trinajstić information content (AvgIpc) is 2.58. The molecule has 1 aromatic rings. The molecule has 0 saturated carbocycles. The maximum atomic E-state index is 13.9. The molecule has 1 aliphatic heterocycles. The topological polar surface area (TPSA) is 55.8 Å². The first-order valence-corrected chi connectivity index (χ1v) is 5.24. The Bertz CT molecular complexity index is 456. The Morgan fingerprint density at radius 3 is 2.76 bits per heavy atom. The number of benzene rings is 1. The number of carboxylic acid groups (broad SMARTS) is 1. The van der Waals surface area contributed by atoms with Crippen LogP contribution in [0.4, 0.5) is 4.39 Å². The first kappa shape index (κ1) is 12.0. The normalized spacial score (nSPS) is 22.6. The molecule has 0 amide bonds. The summed E-state index contributed by atoms with van der Waals surface area (Å²) < 4.78 is 24.7. The van der Waals surface area contributed by atoms with Crippen molar-refractivity contribution in [3.8, 4) is 0 Å². The fourth-order valence-corrected chi connectivity index (χ4v) is 1.80. The fourth-order valence-electron chi connectivity index (χ4n) is 1.80. The lowest BCUT2D eigenvalue weighted by Gasteiger charge is -2.17. The third-order valence-corrected chi connectivity index (χ3v) is 2.61. The molecule has 5 heteroatoms. The molecule has 1 aliphatic rings. The van der Waals surface area contributed by atoms with Gasteiger partial charge in [0.25, 0.3) is 0 Å². The second-order valence-electron chi connectivity index (χ2n) is 4.33. The molecule has 17 heavy (non-hydrogen) atoms. The second-order valence-corrected chi connectivity index (χ2v) is 4.33. The van der Waals surface area contributed by atoms with Gasteiger partial charge in [-0.3, -0.25) is 0 Å². The Morgan fingerprint density at radius 1 is 1.53 bits per heavy atom. The van der Waals surface area contributed by atoms with E-state index in [0.717, 1.165) is 0 Å². The van der Waals surface area contributed by atoms with Gasteiger partial charge in [-0.25, -0.2) is 9.18 Å². The summed E-state index contributed by atoms with van der Waals surface area (Å²) in [6.45, 7) is 3.67. The van der Waals surface area contributed by atoms with Gasteiger partial charge in [0.15, 0.2) is 5.79 Å². The Balaban J connectivity index is 2.34. The van der Waals surface area contributed by atoms with Crippen LogP contribution in [-0.4, -0.2) is 23.5 Å². The molecule has 1 atom stereocenters. The van der Waals surface area contributed by atoms with Gasteiger partial charge in [0, 0.05) is 5.56 Å². The lowest BCUT2D eigenvalue weighted by atomic mass is 10.1. The molecule has 0 aliphatic carbocycles. The zero-order chi connectivity index (χ0) is 12.6. The van der Waals surface area contributed by atoms with Crippen molar-refractivity contribution >= 4 is 5.97 Å². The minimum atomic E-state index is -1.29. The molecule has 0 aromatic heterocycles. The Hall–Kier alpha value is -1.46. The quantitative estimate of drug-likeness (QED) is 0.862. The van der Waals surface area contributed by atoms with Crippen molar-refractivity contribution in [1.82, 2.24) is 0 Å². The van der Waals surface area contributed by atoms with E-state index in [4.69, 9.17) is 14.6 Å². The van der Waals surface area contributed by atoms with E-state index in [1.54, 1.807) is 13.8 Å². The molecule has 1 fully saturated rings. The Morgan fingerprint density at radius 2 is 2.24 bits per heavy atom. The van der Waals surface area contributed by atoms with Crippen molar-refractivity contribution < 1.29 is 23.8 Å². The van der Waals surface area contributed by atoms with Crippen molar-refractivity contribution in [1.29, 1.82) is 0 Å². The molecule has 4 nitrogen and oxygen atoms in total. The lowest BCUT2D eigenvalue weighted by molar-refractivity contribution is -0.139. The molecule has 1 aromatic carbocycles. The summed E-state index contributed by atoms with van der Waals surface area (Å²) in [5.41, 5.74) is -0.133. The Kier molecular flexibility index (Phi) is 2.89. The number of aromatic carboxylic acids is 1. The number of halogens is 1. The van der Waals surface area contributed by atoms with Gasteiger partial charge in [-0.2, -0.15) is 0 Å². The molecule has 2 rings (SSSR count). The van der Waals surface area contributed by atoms with E-state index in [9.17, 15) is 9.18 Å². The van der Waals surface area contributed by atoms with Gasteiger partial charge < -0.3 is 14.6 Å². The molecule has 1 N–H and O–H groups in total. The van der Waals surface area contributed by atoms with Crippen LogP contribution >= 0.6 is 0 Å². The molecule has 0 spiro atoms. The van der Waals surface area contributed by atoms with Crippen LogP contribution in [0, 0.1) is 5.82 Å². The highest BCUT2D eigenvalue weighted by Crippen LogP contribution is 2.34. The Labute approximate surface area is 98.0 Å². The minimum Gasteiger partial charge on any atom is -0.478 e. The van der Waals surface area contributed by atoms with E-state index in [0.29, 0.717) is 0 Å². The molecule has 0 bridgehead atoms. The minimum absolute atomic E-state index is 0.215. The summed E-state index contributed by atoms with van der Waals surface area (Å²) in [5.74, 6) is -2.81. The molecular formula is C12H13FO4. The fraction of sp³-hybridized carbons (Fsp3) is 0.417. The standard InChI is InChI=1S/C12H13FO4/c1-12(2)16-6-9(17-12)7-4-3-5-8(10(7)13)11(14)15/h3-5,9H,6H2,1-2H3,(H,14,15)/t9-/m0/s1. The van der Waals surface area contributed by atoms with E-state index in [2.05, 4.69) is 0 Å². The summed E-state index contributed by atoms with van der Waals surface area (Å²) in [6.07, 6.45) is -0.565. The monoisotopic (exact) mass is 240 g/mol. The van der Waals surface area contributed by atoms with E-state index in [1.165, 1.54) is 18.2 Å². The first-order valence-electron chi connectivity index (χ1n) is 5.24. The number of ether oxygens (including phenoxy) is 2. The van der Waals surface area contributed by atoms with Gasteiger partial charge in [-0.15, -0.1) is 0 Å². The van der Waals surface area contributed by atoms with Crippen LogP contribution < -0.4 is 0 Å². The largest absolute Gasteiger partial charge is 0.478 e. The van der Waals surface area contributed by atoms with Gasteiger partial charge >= 0.3 is 5.97 Å². The predicted octanol–water partition coefficient (Wildman–Crippen LogP) is 2.35. The highest BCUT2D eigenvalue weighted by molar-refractivity contribution is 5.88. The molecule has 0 radical (unpaired) electrons. The van der Waals surface area contributed by atoms with Crippen LogP contribution in [-0.2, 0) is 9.47 Å². The number of rotatable bonds is 2. The van der Waals surface area contributed by atoms with Gasteiger partial charge in [0.05, 0.1) is 12.2 Å². The van der Waals surface area contributed by atoms with E-state index >= 15 is 0 Å². The van der Waals surface area contributed by atoms with Gasteiger partial charge in [0.1, 0.15) is 11.9 Å². The van der Waals surface area contributed by atoms with E-state index in [1.807, 2.05) is 0 Å². The highest BCUT2D eigenvalue weighted by atomic mass is 19.1. The van der Waals surface area contributed by atoms with E-state index < -0.39 is 23.7 Å². The maximum absolute atomic E-state index is 13.9. The summed E-state index contributed by atoms with van der Waals surface area (Å²) in [5, 5.41) is 8.82. The molecule has 0 unspecified atom stereocenters. The zero-order valence-electron chi connectivity index (χ0n) is 9.57. The SMILES string of the molecule is CC1(C)OC[C@@H](c2cccc(C(=O)O)c2F)O1. The van der Waals surface area contributed by atoms with E-state index in [-0.39, 0.29) is 17.7 Å². The van der Waals surface area contributed by atoms with Crippen molar-refractivity contribution in [3.05, 3.63) is 35.1 Å². The summed E-state index contributed by atoms with van der Waals surface area (Å²) in [4.78, 5) is 10.8. The molecule has 92 valence electrons. The third-order valence-electron chi connectivity index (χ3n) is 2.61. The second kappa shape index (κ2) is 4.09. The first-order chi connectivity index (χ1) is 7.91. The van der Waals surface area contributed by atoms with Crippen LogP contribution in [0.2, 0.25) is 0 Å². The zero-order valence-corrected chi connectivity index (χ0v) is 9.57. The van der Waals surface area contributed by atoms with Gasteiger partial charge in [-0.05, 0) is 19.9 Å². The molecular weight excluding hydrogens is 227 g/mol. The van der Waals surface area contributed by atoms with Crippen molar-refractivity contribution in [2.75, 3.05) is 6.61 Å². The summed E-state index contributed by atoms with van der Waals surface area (Å²) >= 11 is 0. The number of carboxylic acids is 1. The lowest BCUT2D eigenvalue weighted by Crippen LogP contribution is -2.20. The van der Waals surface area contributed by atoms with Crippen LogP contribution in [0.15, 0.2) is 18.2 Å². The number of hydrogen-bond donors (Lipinski definition) is 1. The third kappa shape index (κ3) is 2.30. The maximum Gasteiger partial charge on any atom is 0.338 e. The average molecular weight is 240 g/mol. The smallest absolute Gasteiger partial charge is 0.338 e. The number of carbonyl (C=O) groups is 1. The van der Waals surface area contributed by atoms with Crippen molar-refractivity contribution in [2.45, 2.75) is 25.7 Å².